The van der Waals surface area contributed by atoms with E-state index in [1.807, 2.05) is 0 Å². The van der Waals surface area contributed by atoms with E-state index < -0.39 is 0 Å². The molecule has 0 aliphatic carbocycles. The molecule has 2 heterocycles. The summed E-state index contributed by atoms with van der Waals surface area (Å²) in [4.78, 5) is 0. The topological polar surface area (TPSA) is 21.3 Å². The number of rotatable bonds is 3. The Morgan fingerprint density at radius 2 is 2.00 bits per heavy atom. The maximum atomic E-state index is 5.72. The summed E-state index contributed by atoms with van der Waals surface area (Å²) < 4.78 is 5.72. The van der Waals surface area contributed by atoms with E-state index in [0.717, 1.165) is 12.5 Å². The highest BCUT2D eigenvalue weighted by atomic mass is 16.5. The van der Waals surface area contributed by atoms with Crippen molar-refractivity contribution in [2.24, 2.45) is 5.92 Å². The van der Waals surface area contributed by atoms with Crippen molar-refractivity contribution in [3.8, 4) is 0 Å². The zero-order valence-electron chi connectivity index (χ0n) is 11.0. The van der Waals surface area contributed by atoms with Gasteiger partial charge < -0.3 is 10.1 Å². The number of ether oxygens (including phenoxy) is 1. The number of hydrogen-bond donors (Lipinski definition) is 1. The lowest BCUT2D eigenvalue weighted by molar-refractivity contribution is 0.112. The highest BCUT2D eigenvalue weighted by molar-refractivity contribution is 5.25. The van der Waals surface area contributed by atoms with Crippen molar-refractivity contribution >= 4 is 0 Å². The molecular formula is C16H23NO. The summed E-state index contributed by atoms with van der Waals surface area (Å²) in [6, 6.07) is 9.13. The molecule has 98 valence electrons. The summed E-state index contributed by atoms with van der Waals surface area (Å²) in [5, 5.41) is 3.49. The van der Waals surface area contributed by atoms with Crippen LogP contribution in [0.4, 0.5) is 0 Å². The van der Waals surface area contributed by atoms with Gasteiger partial charge >= 0.3 is 0 Å². The van der Waals surface area contributed by atoms with Crippen LogP contribution < -0.4 is 5.32 Å². The number of hydrogen-bond acceptors (Lipinski definition) is 2. The van der Waals surface area contributed by atoms with Gasteiger partial charge in [0, 0.05) is 6.61 Å². The van der Waals surface area contributed by atoms with Crippen LogP contribution in [0.3, 0.4) is 0 Å². The molecule has 1 aromatic rings. The summed E-state index contributed by atoms with van der Waals surface area (Å²) in [6.45, 7) is 3.32. The Labute approximate surface area is 110 Å². The lowest BCUT2D eigenvalue weighted by Gasteiger charge is -2.22. The highest BCUT2D eigenvalue weighted by Crippen LogP contribution is 2.28. The Morgan fingerprint density at radius 1 is 1.11 bits per heavy atom. The maximum absolute atomic E-state index is 5.72. The van der Waals surface area contributed by atoms with Crippen molar-refractivity contribution in [2.75, 3.05) is 19.7 Å². The van der Waals surface area contributed by atoms with E-state index in [4.69, 9.17) is 4.74 Å². The first-order chi connectivity index (χ1) is 8.92. The second-order valence-electron chi connectivity index (χ2n) is 5.66. The van der Waals surface area contributed by atoms with Gasteiger partial charge in [-0.05, 0) is 62.2 Å². The van der Waals surface area contributed by atoms with Crippen LogP contribution in [0.15, 0.2) is 24.3 Å². The average molecular weight is 245 g/mol. The zero-order valence-corrected chi connectivity index (χ0v) is 11.0. The largest absolute Gasteiger partial charge is 0.374 e. The van der Waals surface area contributed by atoms with Gasteiger partial charge in [-0.25, -0.2) is 0 Å². The van der Waals surface area contributed by atoms with E-state index in [0.29, 0.717) is 6.10 Å². The molecule has 0 saturated carbocycles. The molecule has 2 fully saturated rings. The number of piperidine rings is 1. The van der Waals surface area contributed by atoms with Gasteiger partial charge in [-0.1, -0.05) is 24.3 Å². The van der Waals surface area contributed by atoms with Crippen molar-refractivity contribution in [2.45, 2.75) is 38.2 Å². The van der Waals surface area contributed by atoms with Gasteiger partial charge in [-0.3, -0.25) is 0 Å². The molecule has 0 radical (unpaired) electrons. The normalized spacial score (nSPS) is 28.4. The van der Waals surface area contributed by atoms with Crippen molar-refractivity contribution in [3.05, 3.63) is 35.4 Å². The summed E-state index contributed by atoms with van der Waals surface area (Å²) in [7, 11) is 0. The molecule has 2 unspecified atom stereocenters. The molecule has 0 aromatic heterocycles. The monoisotopic (exact) mass is 245 g/mol. The molecule has 1 N–H and O–H groups in total. The molecule has 2 aliphatic heterocycles. The van der Waals surface area contributed by atoms with Crippen LogP contribution in [0.5, 0.6) is 0 Å². The van der Waals surface area contributed by atoms with Crippen LogP contribution >= 0.6 is 0 Å². The molecule has 2 nitrogen and oxygen atoms in total. The molecule has 2 heteroatoms. The Hall–Kier alpha value is -0.860. The van der Waals surface area contributed by atoms with Crippen LogP contribution in [0.25, 0.3) is 0 Å². The first kappa shape index (κ1) is 12.2. The molecule has 0 spiro atoms. The van der Waals surface area contributed by atoms with Gasteiger partial charge in [-0.2, -0.15) is 0 Å². The molecule has 1 aromatic carbocycles. The highest BCUT2D eigenvalue weighted by Gasteiger charge is 2.18. The Balaban J connectivity index is 1.59. The molecule has 2 atom stereocenters. The van der Waals surface area contributed by atoms with Crippen LogP contribution in [0.2, 0.25) is 0 Å². The molecule has 3 rings (SSSR count). The summed E-state index contributed by atoms with van der Waals surface area (Å²) in [6.07, 6.45) is 6.68. The second kappa shape index (κ2) is 5.85. The van der Waals surface area contributed by atoms with E-state index in [1.165, 1.54) is 56.3 Å². The van der Waals surface area contributed by atoms with Crippen molar-refractivity contribution in [3.63, 3.8) is 0 Å². The van der Waals surface area contributed by atoms with Gasteiger partial charge in [0.15, 0.2) is 0 Å². The molecule has 18 heavy (non-hydrogen) atoms. The maximum Gasteiger partial charge on any atom is 0.0825 e. The molecular weight excluding hydrogens is 222 g/mol. The SMILES string of the molecule is c1cc(C2CCCO2)ccc1CC1CCCNC1. The minimum Gasteiger partial charge on any atom is -0.374 e. The van der Waals surface area contributed by atoms with Gasteiger partial charge in [-0.15, -0.1) is 0 Å². The number of benzene rings is 1. The summed E-state index contributed by atoms with van der Waals surface area (Å²) >= 11 is 0. The van der Waals surface area contributed by atoms with E-state index >= 15 is 0 Å². The summed E-state index contributed by atoms with van der Waals surface area (Å²) in [5.74, 6) is 0.826. The van der Waals surface area contributed by atoms with E-state index in [9.17, 15) is 0 Å². The van der Waals surface area contributed by atoms with Gasteiger partial charge in [0.2, 0.25) is 0 Å². The third-order valence-corrected chi connectivity index (χ3v) is 4.20. The smallest absolute Gasteiger partial charge is 0.0825 e. The van der Waals surface area contributed by atoms with Gasteiger partial charge in [0.1, 0.15) is 0 Å². The average Bonchev–Trinajstić information content (AvgIpc) is 2.95. The zero-order chi connectivity index (χ0) is 12.2. The molecule has 2 saturated heterocycles. The lowest BCUT2D eigenvalue weighted by Crippen LogP contribution is -2.30. The predicted octanol–water partition coefficient (Wildman–Crippen LogP) is 3.08. The lowest BCUT2D eigenvalue weighted by atomic mass is 9.91. The quantitative estimate of drug-likeness (QED) is 0.883. The van der Waals surface area contributed by atoms with Gasteiger partial charge in [0.05, 0.1) is 6.10 Å². The molecule has 0 amide bonds. The molecule has 0 bridgehead atoms. The Bertz CT molecular complexity index is 361. The first-order valence-corrected chi connectivity index (χ1v) is 7.33. The second-order valence-corrected chi connectivity index (χ2v) is 5.66. The fraction of sp³-hybridized carbons (Fsp3) is 0.625. The van der Waals surface area contributed by atoms with Gasteiger partial charge in [0.25, 0.3) is 0 Å². The fourth-order valence-corrected chi connectivity index (χ4v) is 3.14. The minimum absolute atomic E-state index is 0.357. The third kappa shape index (κ3) is 2.93. The molecule has 2 aliphatic rings. The standard InChI is InChI=1S/C16H23NO/c1-3-14(12-17-9-1)11-13-5-7-15(8-6-13)16-4-2-10-18-16/h5-8,14,16-17H,1-4,9-12H2. The minimum atomic E-state index is 0.357. The predicted molar refractivity (Wildman–Crippen MR) is 73.7 cm³/mol. The van der Waals surface area contributed by atoms with E-state index in [1.54, 1.807) is 0 Å². The Kier molecular flexibility index (Phi) is 3.96. The van der Waals surface area contributed by atoms with E-state index in [2.05, 4.69) is 29.6 Å². The van der Waals surface area contributed by atoms with Crippen LogP contribution in [-0.4, -0.2) is 19.7 Å². The van der Waals surface area contributed by atoms with Crippen molar-refractivity contribution in [1.29, 1.82) is 0 Å². The van der Waals surface area contributed by atoms with Crippen LogP contribution in [0.1, 0.15) is 42.9 Å². The first-order valence-electron chi connectivity index (χ1n) is 7.33. The fourth-order valence-electron chi connectivity index (χ4n) is 3.14. The summed E-state index contributed by atoms with van der Waals surface area (Å²) in [5.41, 5.74) is 2.84. The van der Waals surface area contributed by atoms with Crippen molar-refractivity contribution < 1.29 is 4.74 Å². The third-order valence-electron chi connectivity index (χ3n) is 4.20. The van der Waals surface area contributed by atoms with E-state index in [-0.39, 0.29) is 0 Å². The number of nitrogens with one attached hydrogen (secondary N) is 1. The van der Waals surface area contributed by atoms with Crippen molar-refractivity contribution in [1.82, 2.24) is 5.32 Å². The van der Waals surface area contributed by atoms with Crippen LogP contribution in [-0.2, 0) is 11.2 Å². The Morgan fingerprint density at radius 3 is 2.67 bits per heavy atom. The van der Waals surface area contributed by atoms with Crippen LogP contribution in [0, 0.1) is 5.92 Å².